The molecule has 0 saturated carbocycles. The van der Waals surface area contributed by atoms with Gasteiger partial charge in [0.05, 0.1) is 0 Å². The minimum Gasteiger partial charge on any atom is -0.383 e. The fraction of sp³-hybridized carbons (Fsp3) is 0.267. The fourth-order valence-corrected chi connectivity index (χ4v) is 2.03. The molecule has 0 saturated heterocycles. The SMILES string of the molecule is C/C=C/c1c(N)nc(NC(C)C)c2ccccc12. The number of nitrogens with two attached hydrogens (primary N) is 1. The first kappa shape index (κ1) is 12.4. The van der Waals surface area contributed by atoms with E-state index in [1.807, 2.05) is 31.2 Å². The highest BCUT2D eigenvalue weighted by Crippen LogP contribution is 2.29. The van der Waals surface area contributed by atoms with Gasteiger partial charge in [-0.2, -0.15) is 0 Å². The quantitative estimate of drug-likeness (QED) is 0.862. The molecule has 3 heteroatoms. The Morgan fingerprint density at radius 2 is 1.89 bits per heavy atom. The molecule has 0 aliphatic heterocycles. The monoisotopic (exact) mass is 241 g/mol. The van der Waals surface area contributed by atoms with Crippen molar-refractivity contribution in [1.29, 1.82) is 0 Å². The molecule has 1 aromatic carbocycles. The Morgan fingerprint density at radius 1 is 1.22 bits per heavy atom. The molecule has 2 aromatic rings. The maximum absolute atomic E-state index is 6.05. The zero-order valence-electron chi connectivity index (χ0n) is 11.1. The number of hydrogen-bond donors (Lipinski definition) is 2. The van der Waals surface area contributed by atoms with E-state index in [4.69, 9.17) is 5.73 Å². The Kier molecular flexibility index (Phi) is 3.51. The van der Waals surface area contributed by atoms with E-state index < -0.39 is 0 Å². The van der Waals surface area contributed by atoms with Gasteiger partial charge in [-0.1, -0.05) is 36.4 Å². The largest absolute Gasteiger partial charge is 0.383 e. The first-order valence-electron chi connectivity index (χ1n) is 6.21. The molecule has 0 amide bonds. The lowest BCUT2D eigenvalue weighted by Crippen LogP contribution is -2.12. The van der Waals surface area contributed by atoms with Crippen molar-refractivity contribution in [2.45, 2.75) is 26.8 Å². The van der Waals surface area contributed by atoms with Crippen LogP contribution in [0.15, 0.2) is 30.3 Å². The summed E-state index contributed by atoms with van der Waals surface area (Å²) in [5, 5.41) is 5.58. The van der Waals surface area contributed by atoms with Crippen molar-refractivity contribution in [1.82, 2.24) is 4.98 Å². The second kappa shape index (κ2) is 5.08. The first-order chi connectivity index (χ1) is 8.63. The summed E-state index contributed by atoms with van der Waals surface area (Å²) in [5.74, 6) is 1.42. The number of fused-ring (bicyclic) bond motifs is 1. The Morgan fingerprint density at radius 3 is 2.50 bits per heavy atom. The van der Waals surface area contributed by atoms with E-state index >= 15 is 0 Å². The van der Waals surface area contributed by atoms with Crippen molar-refractivity contribution >= 4 is 28.5 Å². The van der Waals surface area contributed by atoms with Crippen molar-refractivity contribution in [3.63, 3.8) is 0 Å². The van der Waals surface area contributed by atoms with Crippen LogP contribution in [0.3, 0.4) is 0 Å². The summed E-state index contributed by atoms with van der Waals surface area (Å²) < 4.78 is 0. The molecule has 0 bridgehead atoms. The second-order valence-corrected chi connectivity index (χ2v) is 4.60. The number of rotatable bonds is 3. The first-order valence-corrected chi connectivity index (χ1v) is 6.21. The number of benzene rings is 1. The minimum atomic E-state index is 0.327. The minimum absolute atomic E-state index is 0.327. The summed E-state index contributed by atoms with van der Waals surface area (Å²) in [6, 6.07) is 8.51. The lowest BCUT2D eigenvalue weighted by Gasteiger charge is -2.14. The van der Waals surface area contributed by atoms with E-state index in [0.717, 1.165) is 22.2 Å². The van der Waals surface area contributed by atoms with Crippen LogP contribution in [0.2, 0.25) is 0 Å². The zero-order valence-corrected chi connectivity index (χ0v) is 11.1. The Bertz CT molecular complexity index is 586. The summed E-state index contributed by atoms with van der Waals surface area (Å²) in [6.45, 7) is 6.16. The van der Waals surface area contributed by atoms with Crippen molar-refractivity contribution < 1.29 is 0 Å². The summed E-state index contributed by atoms with van der Waals surface area (Å²) >= 11 is 0. The molecule has 3 nitrogen and oxygen atoms in total. The molecular formula is C15H19N3. The van der Waals surface area contributed by atoms with Crippen LogP contribution in [0.25, 0.3) is 16.8 Å². The maximum atomic E-state index is 6.05. The molecule has 0 radical (unpaired) electrons. The van der Waals surface area contributed by atoms with Gasteiger partial charge in [-0.3, -0.25) is 0 Å². The van der Waals surface area contributed by atoms with Crippen LogP contribution < -0.4 is 11.1 Å². The highest BCUT2D eigenvalue weighted by molar-refractivity contribution is 6.00. The molecule has 0 fully saturated rings. The Hall–Kier alpha value is -2.03. The van der Waals surface area contributed by atoms with Gasteiger partial charge in [0, 0.05) is 17.0 Å². The zero-order chi connectivity index (χ0) is 13.1. The number of hydrogen-bond acceptors (Lipinski definition) is 3. The molecular weight excluding hydrogens is 222 g/mol. The molecule has 0 aliphatic carbocycles. The Labute approximate surface area is 108 Å². The third-order valence-electron chi connectivity index (χ3n) is 2.74. The van der Waals surface area contributed by atoms with Gasteiger partial charge >= 0.3 is 0 Å². The number of nitrogens with one attached hydrogen (secondary N) is 1. The standard InChI is InChI=1S/C15H19N3/c1-4-7-12-11-8-5-6-9-13(11)15(17-10(2)3)18-14(12)16/h4-10H,1-3H3,(H3,16,17,18)/b7-4+. The lowest BCUT2D eigenvalue weighted by atomic mass is 10.1. The smallest absolute Gasteiger partial charge is 0.136 e. The van der Waals surface area contributed by atoms with E-state index in [9.17, 15) is 0 Å². The van der Waals surface area contributed by atoms with Crippen LogP contribution in [0.4, 0.5) is 11.6 Å². The van der Waals surface area contributed by atoms with E-state index in [2.05, 4.69) is 36.3 Å². The number of pyridine rings is 1. The van der Waals surface area contributed by atoms with Gasteiger partial charge in [0.15, 0.2) is 0 Å². The van der Waals surface area contributed by atoms with Crippen LogP contribution in [-0.4, -0.2) is 11.0 Å². The average Bonchev–Trinajstić information content (AvgIpc) is 2.33. The van der Waals surface area contributed by atoms with Gasteiger partial charge < -0.3 is 11.1 Å². The van der Waals surface area contributed by atoms with Gasteiger partial charge in [-0.05, 0) is 26.2 Å². The highest BCUT2D eigenvalue weighted by Gasteiger charge is 2.10. The van der Waals surface area contributed by atoms with Gasteiger partial charge in [0.1, 0.15) is 11.6 Å². The molecule has 18 heavy (non-hydrogen) atoms. The van der Waals surface area contributed by atoms with Crippen molar-refractivity contribution in [2.24, 2.45) is 0 Å². The van der Waals surface area contributed by atoms with Gasteiger partial charge in [0.25, 0.3) is 0 Å². The van der Waals surface area contributed by atoms with Crippen LogP contribution in [0.5, 0.6) is 0 Å². The molecule has 2 rings (SSSR count). The Balaban J connectivity index is 2.72. The third-order valence-corrected chi connectivity index (χ3v) is 2.74. The van der Waals surface area contributed by atoms with Crippen molar-refractivity contribution in [3.05, 3.63) is 35.9 Å². The van der Waals surface area contributed by atoms with Gasteiger partial charge in [0.2, 0.25) is 0 Å². The number of allylic oxidation sites excluding steroid dienone is 1. The molecule has 0 atom stereocenters. The van der Waals surface area contributed by atoms with Crippen LogP contribution in [0, 0.1) is 0 Å². The number of nitrogens with zero attached hydrogens (tertiary/aromatic N) is 1. The fourth-order valence-electron chi connectivity index (χ4n) is 2.03. The van der Waals surface area contributed by atoms with Crippen LogP contribution in [0.1, 0.15) is 26.3 Å². The second-order valence-electron chi connectivity index (χ2n) is 4.60. The molecule has 0 unspecified atom stereocenters. The number of aromatic nitrogens is 1. The van der Waals surface area contributed by atoms with Gasteiger partial charge in [-0.25, -0.2) is 4.98 Å². The van der Waals surface area contributed by atoms with Crippen LogP contribution in [-0.2, 0) is 0 Å². The lowest BCUT2D eigenvalue weighted by molar-refractivity contribution is 0.893. The average molecular weight is 241 g/mol. The molecule has 94 valence electrons. The van der Waals surface area contributed by atoms with Gasteiger partial charge in [-0.15, -0.1) is 0 Å². The van der Waals surface area contributed by atoms with E-state index in [1.165, 1.54) is 0 Å². The molecule has 1 heterocycles. The normalized spacial score (nSPS) is 11.6. The summed E-state index contributed by atoms with van der Waals surface area (Å²) in [7, 11) is 0. The predicted molar refractivity (Wildman–Crippen MR) is 79.6 cm³/mol. The van der Waals surface area contributed by atoms with E-state index in [-0.39, 0.29) is 0 Å². The van der Waals surface area contributed by atoms with Crippen molar-refractivity contribution in [2.75, 3.05) is 11.1 Å². The number of nitrogen functional groups attached to an aromatic ring is 1. The summed E-state index contributed by atoms with van der Waals surface area (Å²) in [6.07, 6.45) is 3.99. The summed E-state index contributed by atoms with van der Waals surface area (Å²) in [5.41, 5.74) is 7.04. The number of anilines is 2. The molecule has 3 N–H and O–H groups in total. The van der Waals surface area contributed by atoms with E-state index in [1.54, 1.807) is 0 Å². The van der Waals surface area contributed by atoms with Crippen LogP contribution >= 0.6 is 0 Å². The highest BCUT2D eigenvalue weighted by atomic mass is 15.0. The predicted octanol–water partition coefficient (Wildman–Crippen LogP) is 3.67. The molecule has 1 aromatic heterocycles. The molecule has 0 spiro atoms. The third kappa shape index (κ3) is 2.30. The van der Waals surface area contributed by atoms with Crippen molar-refractivity contribution in [3.8, 4) is 0 Å². The van der Waals surface area contributed by atoms with E-state index in [0.29, 0.717) is 11.9 Å². The molecule has 0 aliphatic rings. The maximum Gasteiger partial charge on any atom is 0.136 e. The summed E-state index contributed by atoms with van der Waals surface area (Å²) in [4.78, 5) is 4.48. The topological polar surface area (TPSA) is 50.9 Å².